The summed E-state index contributed by atoms with van der Waals surface area (Å²) in [5, 5.41) is 0. The average Bonchev–Trinajstić information content (AvgIpc) is 1.91. The molecule has 0 bridgehead atoms. The van der Waals surface area contributed by atoms with Crippen molar-refractivity contribution in [2.45, 2.75) is 6.04 Å². The molecule has 0 amide bonds. The standard InChI is InChI=1S/C4H8N2O/c1-3-4(5)2-7-6-3/h4,6H,1-2,5H2/t4-/m1/s1. The lowest BCUT2D eigenvalue weighted by molar-refractivity contribution is 0.109. The van der Waals surface area contributed by atoms with E-state index in [2.05, 4.69) is 12.1 Å². The van der Waals surface area contributed by atoms with Gasteiger partial charge in [0.2, 0.25) is 0 Å². The van der Waals surface area contributed by atoms with E-state index in [1.807, 2.05) is 0 Å². The molecule has 0 aromatic rings. The van der Waals surface area contributed by atoms with E-state index in [0.29, 0.717) is 6.61 Å². The molecule has 1 aliphatic rings. The predicted octanol–water partition coefficient (Wildman–Crippen LogP) is -0.638. The summed E-state index contributed by atoms with van der Waals surface area (Å²) in [6.45, 7) is 4.11. The summed E-state index contributed by atoms with van der Waals surface area (Å²) in [5.41, 5.74) is 8.70. The zero-order valence-corrected chi connectivity index (χ0v) is 3.98. The van der Waals surface area contributed by atoms with Gasteiger partial charge in [0.05, 0.1) is 12.6 Å². The van der Waals surface area contributed by atoms with Gasteiger partial charge >= 0.3 is 0 Å². The second-order valence-electron chi connectivity index (χ2n) is 1.54. The molecule has 0 unspecified atom stereocenters. The van der Waals surface area contributed by atoms with E-state index in [9.17, 15) is 0 Å². The van der Waals surface area contributed by atoms with Crippen LogP contribution in [0, 0.1) is 0 Å². The summed E-state index contributed by atoms with van der Waals surface area (Å²) in [6, 6.07) is -0.0139. The van der Waals surface area contributed by atoms with E-state index >= 15 is 0 Å². The number of nitrogens with two attached hydrogens (primary N) is 1. The van der Waals surface area contributed by atoms with Gasteiger partial charge in [0.1, 0.15) is 0 Å². The molecular weight excluding hydrogens is 92.1 g/mol. The van der Waals surface area contributed by atoms with E-state index in [0.717, 1.165) is 5.70 Å². The second kappa shape index (κ2) is 1.52. The molecule has 1 rings (SSSR count). The largest absolute Gasteiger partial charge is 0.321 e. The van der Waals surface area contributed by atoms with Crippen LogP contribution in [0.5, 0.6) is 0 Å². The van der Waals surface area contributed by atoms with Gasteiger partial charge in [-0.05, 0) is 0 Å². The smallest absolute Gasteiger partial charge is 0.0953 e. The molecule has 1 fully saturated rings. The third kappa shape index (κ3) is 0.730. The molecule has 0 aliphatic carbocycles. The third-order valence-electron chi connectivity index (χ3n) is 0.914. The van der Waals surface area contributed by atoms with Crippen molar-refractivity contribution in [2.75, 3.05) is 6.61 Å². The molecule has 0 spiro atoms. The third-order valence-corrected chi connectivity index (χ3v) is 0.914. The van der Waals surface area contributed by atoms with Crippen LogP contribution in [0.1, 0.15) is 0 Å². The van der Waals surface area contributed by atoms with Crippen molar-refractivity contribution in [1.29, 1.82) is 0 Å². The fourth-order valence-electron chi connectivity index (χ4n) is 0.400. The fraction of sp³-hybridized carbons (Fsp3) is 0.500. The number of hydroxylamine groups is 1. The van der Waals surface area contributed by atoms with Crippen LogP contribution in [0.2, 0.25) is 0 Å². The van der Waals surface area contributed by atoms with Crippen LogP contribution < -0.4 is 11.2 Å². The van der Waals surface area contributed by atoms with Crippen LogP contribution >= 0.6 is 0 Å². The molecule has 0 aromatic carbocycles. The Hall–Kier alpha value is -0.540. The van der Waals surface area contributed by atoms with Crippen LogP contribution in [0.3, 0.4) is 0 Å². The Morgan fingerprint density at radius 2 is 2.71 bits per heavy atom. The van der Waals surface area contributed by atoms with Crippen LogP contribution in [-0.4, -0.2) is 12.6 Å². The molecule has 0 radical (unpaired) electrons. The van der Waals surface area contributed by atoms with Gasteiger partial charge in [-0.25, -0.2) is 0 Å². The first kappa shape index (κ1) is 4.61. The Morgan fingerprint density at radius 3 is 2.86 bits per heavy atom. The Labute approximate surface area is 42.1 Å². The molecule has 1 saturated heterocycles. The Balaban J connectivity index is 2.48. The summed E-state index contributed by atoms with van der Waals surface area (Å²) < 4.78 is 0. The average molecular weight is 100 g/mol. The highest BCUT2D eigenvalue weighted by Gasteiger charge is 2.13. The molecule has 0 saturated carbocycles. The van der Waals surface area contributed by atoms with E-state index in [1.165, 1.54) is 0 Å². The molecule has 1 aliphatic heterocycles. The summed E-state index contributed by atoms with van der Waals surface area (Å²) in [6.07, 6.45) is 0. The topological polar surface area (TPSA) is 47.3 Å². The van der Waals surface area contributed by atoms with E-state index in [-0.39, 0.29) is 6.04 Å². The van der Waals surface area contributed by atoms with Gasteiger partial charge in [-0.2, -0.15) is 0 Å². The lowest BCUT2D eigenvalue weighted by atomic mass is 10.3. The maximum Gasteiger partial charge on any atom is 0.0953 e. The van der Waals surface area contributed by atoms with Gasteiger partial charge < -0.3 is 5.73 Å². The highest BCUT2D eigenvalue weighted by molar-refractivity contribution is 5.02. The van der Waals surface area contributed by atoms with Crippen LogP contribution in [0.15, 0.2) is 12.3 Å². The summed E-state index contributed by atoms with van der Waals surface area (Å²) in [5.74, 6) is 0. The maximum atomic E-state index is 5.39. The van der Waals surface area contributed by atoms with Crippen molar-refractivity contribution in [2.24, 2.45) is 5.73 Å². The molecule has 3 nitrogen and oxygen atoms in total. The van der Waals surface area contributed by atoms with Gasteiger partial charge in [0.15, 0.2) is 0 Å². The van der Waals surface area contributed by atoms with Gasteiger partial charge in [0, 0.05) is 5.70 Å². The highest BCUT2D eigenvalue weighted by Crippen LogP contribution is 1.98. The Bertz CT molecular complexity index is 91.7. The second-order valence-corrected chi connectivity index (χ2v) is 1.54. The first-order valence-electron chi connectivity index (χ1n) is 2.13. The normalized spacial score (nSPS) is 30.4. The zero-order chi connectivity index (χ0) is 5.28. The molecule has 1 heterocycles. The lowest BCUT2D eigenvalue weighted by Gasteiger charge is -1.94. The minimum atomic E-state index is -0.0139. The molecule has 40 valence electrons. The number of nitrogens with one attached hydrogen (secondary N) is 1. The Kier molecular flexibility index (Phi) is 1.00. The highest BCUT2D eigenvalue weighted by atomic mass is 16.7. The summed E-state index contributed by atoms with van der Waals surface area (Å²) >= 11 is 0. The van der Waals surface area contributed by atoms with Crippen molar-refractivity contribution >= 4 is 0 Å². The maximum absolute atomic E-state index is 5.39. The van der Waals surface area contributed by atoms with Gasteiger partial charge in [-0.1, -0.05) is 6.58 Å². The van der Waals surface area contributed by atoms with Crippen molar-refractivity contribution in [3.63, 3.8) is 0 Å². The molecule has 0 aromatic heterocycles. The van der Waals surface area contributed by atoms with Gasteiger partial charge in [-0.15, -0.1) is 0 Å². The van der Waals surface area contributed by atoms with Crippen molar-refractivity contribution in [3.05, 3.63) is 12.3 Å². The zero-order valence-electron chi connectivity index (χ0n) is 3.98. The van der Waals surface area contributed by atoms with E-state index < -0.39 is 0 Å². The number of rotatable bonds is 0. The first-order valence-corrected chi connectivity index (χ1v) is 2.13. The SMILES string of the molecule is C=C1NOC[C@H]1N. The van der Waals surface area contributed by atoms with Gasteiger partial charge in [0.25, 0.3) is 0 Å². The molecule has 3 N–H and O–H groups in total. The molecule has 7 heavy (non-hydrogen) atoms. The number of hydrogen-bond acceptors (Lipinski definition) is 3. The van der Waals surface area contributed by atoms with Crippen LogP contribution in [0.4, 0.5) is 0 Å². The van der Waals surface area contributed by atoms with Crippen molar-refractivity contribution in [3.8, 4) is 0 Å². The number of hydrogen-bond donors (Lipinski definition) is 2. The lowest BCUT2D eigenvalue weighted by Crippen LogP contribution is -2.21. The molecule has 3 heteroatoms. The van der Waals surface area contributed by atoms with Crippen LogP contribution in [0.25, 0.3) is 0 Å². The molecule has 1 atom stereocenters. The summed E-state index contributed by atoms with van der Waals surface area (Å²) in [4.78, 5) is 4.69. The minimum absolute atomic E-state index is 0.0139. The fourth-order valence-corrected chi connectivity index (χ4v) is 0.400. The Morgan fingerprint density at radius 1 is 2.00 bits per heavy atom. The molecular formula is C4H8N2O. The first-order chi connectivity index (χ1) is 3.30. The predicted molar refractivity (Wildman–Crippen MR) is 26.2 cm³/mol. The van der Waals surface area contributed by atoms with E-state index in [1.54, 1.807) is 0 Å². The van der Waals surface area contributed by atoms with Gasteiger partial charge in [-0.3, -0.25) is 10.3 Å². The van der Waals surface area contributed by atoms with Crippen molar-refractivity contribution in [1.82, 2.24) is 5.48 Å². The summed E-state index contributed by atoms with van der Waals surface area (Å²) in [7, 11) is 0. The van der Waals surface area contributed by atoms with Crippen LogP contribution in [-0.2, 0) is 4.84 Å². The van der Waals surface area contributed by atoms with Crippen molar-refractivity contribution < 1.29 is 4.84 Å². The quantitative estimate of drug-likeness (QED) is 0.425. The van der Waals surface area contributed by atoms with E-state index in [4.69, 9.17) is 10.6 Å². The minimum Gasteiger partial charge on any atom is -0.321 e. The monoisotopic (exact) mass is 100 g/mol.